The van der Waals surface area contributed by atoms with Gasteiger partial charge in [-0.1, -0.05) is 66.5 Å². The van der Waals surface area contributed by atoms with Gasteiger partial charge in [0.1, 0.15) is 0 Å². The number of rotatable bonds is 0. The molecule has 2 aliphatic rings. The summed E-state index contributed by atoms with van der Waals surface area (Å²) in [5, 5.41) is 0. The van der Waals surface area contributed by atoms with Gasteiger partial charge in [-0.15, -0.1) is 0 Å². The lowest BCUT2D eigenvalue weighted by molar-refractivity contribution is 0.0896. The highest BCUT2D eigenvalue weighted by Gasteiger charge is 2.45. The Hall–Kier alpha value is -1.11. The third-order valence-electron chi connectivity index (χ3n) is 5.58. The van der Waals surface area contributed by atoms with Crippen LogP contribution < -0.4 is 0 Å². The molecule has 22 heavy (non-hydrogen) atoms. The number of hydrogen-bond donors (Lipinski definition) is 0. The third-order valence-corrected chi connectivity index (χ3v) is 5.58. The van der Waals surface area contributed by atoms with Gasteiger partial charge in [-0.3, -0.25) is 4.79 Å². The molecule has 2 atom stereocenters. The molecule has 0 saturated heterocycles. The zero-order valence-electron chi connectivity index (χ0n) is 15.0. The number of fused-ring (bicyclic) bond motifs is 3. The lowest BCUT2D eigenvalue weighted by atomic mass is 9.73. The molecule has 1 nitrogen and oxygen atoms in total. The average molecular weight is 298 g/mol. The van der Waals surface area contributed by atoms with Crippen molar-refractivity contribution >= 4 is 5.78 Å². The second kappa shape index (κ2) is 4.94. The summed E-state index contributed by atoms with van der Waals surface area (Å²) in [5.41, 5.74) is 5.30. The normalized spacial score (nSPS) is 25.1. The number of carbonyl (C=O) groups excluding carboxylic acids is 1. The summed E-state index contributed by atoms with van der Waals surface area (Å²) >= 11 is 0. The fourth-order valence-corrected chi connectivity index (χ4v) is 4.52. The second-order valence-corrected chi connectivity index (χ2v) is 9.31. The molecule has 0 radical (unpaired) electrons. The van der Waals surface area contributed by atoms with Crippen molar-refractivity contribution in [2.75, 3.05) is 0 Å². The first-order chi connectivity index (χ1) is 10.1. The van der Waals surface area contributed by atoms with E-state index in [4.69, 9.17) is 0 Å². The molecule has 1 aromatic carbocycles. The molecular weight excluding hydrogens is 268 g/mol. The zero-order valence-corrected chi connectivity index (χ0v) is 15.0. The lowest BCUT2D eigenvalue weighted by Gasteiger charge is -2.31. The van der Waals surface area contributed by atoms with Crippen LogP contribution in [0.4, 0.5) is 0 Å². The monoisotopic (exact) mass is 298 g/mol. The van der Waals surface area contributed by atoms with Crippen LogP contribution in [0.1, 0.15) is 100 Å². The highest BCUT2D eigenvalue weighted by Crippen LogP contribution is 2.52. The average Bonchev–Trinajstić information content (AvgIpc) is 2.71. The second-order valence-electron chi connectivity index (χ2n) is 9.31. The molecule has 120 valence electrons. The Bertz CT molecular complexity index is 610. The summed E-state index contributed by atoms with van der Waals surface area (Å²) in [6, 6.07) is 4.54. The van der Waals surface area contributed by atoms with E-state index in [2.05, 4.69) is 53.7 Å². The lowest BCUT2D eigenvalue weighted by Crippen LogP contribution is -2.20. The van der Waals surface area contributed by atoms with Crippen molar-refractivity contribution in [1.82, 2.24) is 0 Å². The minimum Gasteiger partial charge on any atom is -0.294 e. The van der Waals surface area contributed by atoms with E-state index in [1.54, 1.807) is 0 Å². The van der Waals surface area contributed by atoms with Crippen LogP contribution in [0.3, 0.4) is 0 Å². The van der Waals surface area contributed by atoms with Crippen molar-refractivity contribution in [3.63, 3.8) is 0 Å². The molecule has 0 aliphatic heterocycles. The van der Waals surface area contributed by atoms with Crippen LogP contribution in [-0.2, 0) is 10.8 Å². The van der Waals surface area contributed by atoms with Crippen LogP contribution in [0, 0.1) is 5.92 Å². The van der Waals surface area contributed by atoms with Gasteiger partial charge in [0.25, 0.3) is 0 Å². The fraction of sp³-hybridized carbons (Fsp3) is 0.667. The fourth-order valence-electron chi connectivity index (χ4n) is 4.52. The first kappa shape index (κ1) is 15.8. The summed E-state index contributed by atoms with van der Waals surface area (Å²) in [7, 11) is 0. The van der Waals surface area contributed by atoms with Gasteiger partial charge in [0.05, 0.1) is 0 Å². The Kier molecular flexibility index (Phi) is 3.54. The van der Waals surface area contributed by atoms with Gasteiger partial charge >= 0.3 is 0 Å². The largest absolute Gasteiger partial charge is 0.294 e. The van der Waals surface area contributed by atoms with Crippen LogP contribution in [-0.4, -0.2) is 5.78 Å². The molecule has 1 aromatic rings. The van der Waals surface area contributed by atoms with Crippen molar-refractivity contribution in [1.29, 1.82) is 0 Å². The number of Topliss-reactive ketones (excluding diaryl/α,β-unsaturated/α-hetero) is 1. The molecule has 0 amide bonds. The van der Waals surface area contributed by atoms with Crippen molar-refractivity contribution < 1.29 is 4.79 Å². The molecule has 2 unspecified atom stereocenters. The molecule has 1 fully saturated rings. The Morgan fingerprint density at radius 1 is 0.818 bits per heavy atom. The van der Waals surface area contributed by atoms with E-state index < -0.39 is 0 Å². The standard InChI is InChI=1S/C21H30O/c1-20(2,3)15-11-12-16(21(4,5)6)18-17(15)13-9-7-8-10-14(13)19(18)22/h11-14H,7-10H2,1-6H3. The van der Waals surface area contributed by atoms with E-state index in [0.29, 0.717) is 11.7 Å². The Morgan fingerprint density at radius 3 is 1.86 bits per heavy atom. The van der Waals surface area contributed by atoms with Crippen LogP contribution in [0.2, 0.25) is 0 Å². The van der Waals surface area contributed by atoms with E-state index in [-0.39, 0.29) is 16.7 Å². The van der Waals surface area contributed by atoms with Gasteiger partial charge in [-0.05, 0) is 46.3 Å². The summed E-state index contributed by atoms with van der Waals surface area (Å²) < 4.78 is 0. The summed E-state index contributed by atoms with van der Waals surface area (Å²) in [6.45, 7) is 13.5. The van der Waals surface area contributed by atoms with Gasteiger partial charge in [-0.2, -0.15) is 0 Å². The highest BCUT2D eigenvalue weighted by atomic mass is 16.1. The number of benzene rings is 1. The minimum atomic E-state index is 0.0314. The summed E-state index contributed by atoms with van der Waals surface area (Å²) in [4.78, 5) is 13.2. The molecule has 2 aliphatic carbocycles. The molecule has 0 bridgehead atoms. The first-order valence-electron chi connectivity index (χ1n) is 8.84. The SMILES string of the molecule is CC(C)(C)c1ccc(C(C)(C)C)c2c1C(=O)C1CCCCC21. The van der Waals surface area contributed by atoms with Crippen LogP contribution >= 0.6 is 0 Å². The highest BCUT2D eigenvalue weighted by molar-refractivity contribution is 6.05. The molecule has 1 heteroatoms. The van der Waals surface area contributed by atoms with Crippen molar-refractivity contribution in [2.45, 2.75) is 84.0 Å². The van der Waals surface area contributed by atoms with E-state index in [1.807, 2.05) is 0 Å². The van der Waals surface area contributed by atoms with Gasteiger partial charge in [0.2, 0.25) is 0 Å². The van der Waals surface area contributed by atoms with Crippen molar-refractivity contribution in [3.05, 3.63) is 34.4 Å². The zero-order chi connectivity index (χ0) is 16.3. The van der Waals surface area contributed by atoms with Crippen LogP contribution in [0.25, 0.3) is 0 Å². The first-order valence-corrected chi connectivity index (χ1v) is 8.84. The van der Waals surface area contributed by atoms with Crippen molar-refractivity contribution in [2.24, 2.45) is 5.92 Å². The number of hydrogen-bond acceptors (Lipinski definition) is 1. The molecule has 0 heterocycles. The minimum absolute atomic E-state index is 0.0314. The van der Waals surface area contributed by atoms with Crippen LogP contribution in [0.15, 0.2) is 12.1 Å². The number of carbonyl (C=O) groups is 1. The van der Waals surface area contributed by atoms with E-state index in [1.165, 1.54) is 36.0 Å². The van der Waals surface area contributed by atoms with Gasteiger partial charge in [0, 0.05) is 11.5 Å². The molecule has 0 spiro atoms. The van der Waals surface area contributed by atoms with Gasteiger partial charge < -0.3 is 0 Å². The van der Waals surface area contributed by atoms with Gasteiger partial charge in [0.15, 0.2) is 5.78 Å². The maximum Gasteiger partial charge on any atom is 0.167 e. The topological polar surface area (TPSA) is 17.1 Å². The predicted molar refractivity (Wildman–Crippen MR) is 92.9 cm³/mol. The van der Waals surface area contributed by atoms with E-state index in [0.717, 1.165) is 12.0 Å². The Morgan fingerprint density at radius 2 is 1.32 bits per heavy atom. The van der Waals surface area contributed by atoms with E-state index >= 15 is 0 Å². The Labute approximate surface area is 135 Å². The van der Waals surface area contributed by atoms with Gasteiger partial charge in [-0.25, -0.2) is 0 Å². The van der Waals surface area contributed by atoms with Crippen LogP contribution in [0.5, 0.6) is 0 Å². The third kappa shape index (κ3) is 2.33. The maximum absolute atomic E-state index is 13.2. The molecule has 3 rings (SSSR count). The molecule has 1 saturated carbocycles. The smallest absolute Gasteiger partial charge is 0.167 e. The predicted octanol–water partition coefficient (Wildman–Crippen LogP) is 5.75. The quantitative estimate of drug-likeness (QED) is 0.596. The molecule has 0 N–H and O–H groups in total. The number of ketones is 1. The summed E-state index contributed by atoms with van der Waals surface area (Å²) in [5.74, 6) is 1.18. The molecular formula is C21H30O. The van der Waals surface area contributed by atoms with E-state index in [9.17, 15) is 4.79 Å². The molecule has 0 aromatic heterocycles. The summed E-state index contributed by atoms with van der Waals surface area (Å²) in [6.07, 6.45) is 4.78. The Balaban J connectivity index is 2.29. The maximum atomic E-state index is 13.2. The van der Waals surface area contributed by atoms with Crippen molar-refractivity contribution in [3.8, 4) is 0 Å².